The molecule has 4 rings (SSSR count). The van der Waals surface area contributed by atoms with Gasteiger partial charge in [0.05, 0.1) is 11.1 Å². The van der Waals surface area contributed by atoms with Crippen molar-refractivity contribution in [3.05, 3.63) is 63.7 Å². The van der Waals surface area contributed by atoms with Crippen LogP contribution in [0.5, 0.6) is 0 Å². The fraction of sp³-hybridized carbons (Fsp3) is 0.478. The van der Waals surface area contributed by atoms with Crippen LogP contribution in [0.2, 0.25) is 0 Å². The topological polar surface area (TPSA) is 45.8 Å². The van der Waals surface area contributed by atoms with Gasteiger partial charge in [0.25, 0.3) is 0 Å². The normalized spacial score (nSPS) is 24.2. The number of halogens is 1. The summed E-state index contributed by atoms with van der Waals surface area (Å²) in [7, 11) is 0. The molecule has 3 nitrogen and oxygen atoms in total. The summed E-state index contributed by atoms with van der Waals surface area (Å²) < 4.78 is 15.0. The molecule has 0 saturated heterocycles. The van der Waals surface area contributed by atoms with E-state index in [9.17, 15) is 4.79 Å². The number of allylic oxidation sites excluding steroid dienone is 2. The average Bonchev–Trinajstić information content (AvgIpc) is 2.98. The third-order valence-corrected chi connectivity index (χ3v) is 6.18. The highest BCUT2D eigenvalue weighted by Crippen LogP contribution is 2.53. The Hall–Kier alpha value is -2.23. The van der Waals surface area contributed by atoms with Crippen molar-refractivity contribution < 1.29 is 9.18 Å². The largest absolute Gasteiger partial charge is 0.294 e. The van der Waals surface area contributed by atoms with Crippen LogP contribution < -0.4 is 0 Å². The number of fused-ring (bicyclic) bond motifs is 1. The molecular formula is C23H27FN2O. The highest BCUT2D eigenvalue weighted by Gasteiger charge is 2.50. The minimum atomic E-state index is -0.811. The van der Waals surface area contributed by atoms with Crippen LogP contribution in [0.1, 0.15) is 75.9 Å². The first-order chi connectivity index (χ1) is 12.6. The monoisotopic (exact) mass is 366 g/mol. The molecule has 0 unspecified atom stereocenters. The molecule has 1 atom stereocenters. The van der Waals surface area contributed by atoms with Crippen LogP contribution in [0.25, 0.3) is 0 Å². The van der Waals surface area contributed by atoms with E-state index in [1.807, 2.05) is 19.1 Å². The second-order valence-corrected chi connectivity index (χ2v) is 9.32. The molecule has 2 aliphatic carbocycles. The van der Waals surface area contributed by atoms with Crippen molar-refractivity contribution in [1.29, 1.82) is 0 Å². The Balaban J connectivity index is 2.06. The molecule has 1 heterocycles. The fourth-order valence-electron chi connectivity index (χ4n) is 5.20. The Morgan fingerprint density at radius 1 is 1.15 bits per heavy atom. The number of benzene rings is 1. The zero-order valence-electron chi connectivity index (χ0n) is 16.7. The summed E-state index contributed by atoms with van der Waals surface area (Å²) in [4.78, 5) is 13.3. The van der Waals surface area contributed by atoms with E-state index in [4.69, 9.17) is 0 Å². The van der Waals surface area contributed by atoms with Crippen molar-refractivity contribution >= 4 is 5.78 Å². The Kier molecular flexibility index (Phi) is 3.95. The average molecular weight is 366 g/mol. The van der Waals surface area contributed by atoms with Crippen molar-refractivity contribution in [2.45, 2.75) is 65.2 Å². The van der Waals surface area contributed by atoms with E-state index >= 15 is 4.39 Å². The number of carbonyl (C=O) groups excluding carboxylic acids is 1. The SMILES string of the molecule is CC(C)c1n[nH]c2c1[C@](C)(c1ccccc1F)C1=C(C2)CC(C)(C)CC1=O. The van der Waals surface area contributed by atoms with Gasteiger partial charge in [-0.3, -0.25) is 9.89 Å². The van der Waals surface area contributed by atoms with Gasteiger partial charge < -0.3 is 0 Å². The number of aromatic nitrogens is 2. The Labute approximate surface area is 160 Å². The standard InChI is InChI=1S/C23H27FN2O/c1-13(2)21-20-17(25-26-21)10-14-11-22(3,4)12-18(27)19(14)23(20,5)15-8-6-7-9-16(15)24/h6-9,13H,10-12H2,1-5H3,(H,25,26)/t23-/m1/s1. The highest BCUT2D eigenvalue weighted by atomic mass is 19.1. The van der Waals surface area contributed by atoms with Crippen molar-refractivity contribution in [2.75, 3.05) is 0 Å². The number of rotatable bonds is 2. The molecule has 0 spiro atoms. The summed E-state index contributed by atoms with van der Waals surface area (Å²) in [5.41, 5.74) is 4.56. The first kappa shape index (κ1) is 18.1. The molecule has 0 radical (unpaired) electrons. The van der Waals surface area contributed by atoms with E-state index in [2.05, 4.69) is 37.9 Å². The van der Waals surface area contributed by atoms with Crippen LogP contribution in [0.15, 0.2) is 35.4 Å². The summed E-state index contributed by atoms with van der Waals surface area (Å²) in [5.74, 6) is 0.0650. The molecule has 0 aliphatic heterocycles. The van der Waals surface area contributed by atoms with Gasteiger partial charge in [0.15, 0.2) is 5.78 Å². The third-order valence-electron chi connectivity index (χ3n) is 6.18. The number of hydrogen-bond donors (Lipinski definition) is 1. The lowest BCUT2D eigenvalue weighted by molar-refractivity contribution is -0.118. The van der Waals surface area contributed by atoms with Gasteiger partial charge in [-0.05, 0) is 30.7 Å². The molecule has 2 aliphatic rings. The van der Waals surface area contributed by atoms with Crippen LogP contribution >= 0.6 is 0 Å². The number of nitrogens with one attached hydrogen (secondary N) is 1. The molecule has 27 heavy (non-hydrogen) atoms. The molecule has 0 saturated carbocycles. The molecule has 0 fully saturated rings. The van der Waals surface area contributed by atoms with Crippen LogP contribution in [-0.2, 0) is 16.6 Å². The number of Topliss-reactive ketones (excluding diaryl/α,β-unsaturated/α-hetero) is 1. The van der Waals surface area contributed by atoms with Crippen molar-refractivity contribution in [1.82, 2.24) is 10.2 Å². The maximum atomic E-state index is 15.0. The minimum Gasteiger partial charge on any atom is -0.294 e. The molecule has 0 amide bonds. The smallest absolute Gasteiger partial charge is 0.160 e. The summed E-state index contributed by atoms with van der Waals surface area (Å²) >= 11 is 0. The Morgan fingerprint density at radius 2 is 1.85 bits per heavy atom. The van der Waals surface area contributed by atoms with E-state index in [1.54, 1.807) is 6.07 Å². The van der Waals surface area contributed by atoms with Gasteiger partial charge >= 0.3 is 0 Å². The molecule has 0 bridgehead atoms. The minimum absolute atomic E-state index is 0.0650. The van der Waals surface area contributed by atoms with E-state index in [1.165, 1.54) is 6.07 Å². The number of nitrogens with zero attached hydrogens (tertiary/aromatic N) is 1. The fourth-order valence-corrected chi connectivity index (χ4v) is 5.20. The number of aromatic amines is 1. The quantitative estimate of drug-likeness (QED) is 0.792. The maximum Gasteiger partial charge on any atom is 0.160 e. The van der Waals surface area contributed by atoms with E-state index in [0.29, 0.717) is 18.4 Å². The number of carbonyl (C=O) groups is 1. The van der Waals surface area contributed by atoms with E-state index in [0.717, 1.165) is 34.5 Å². The summed E-state index contributed by atoms with van der Waals surface area (Å²) in [6, 6.07) is 6.86. The highest BCUT2D eigenvalue weighted by molar-refractivity contribution is 6.01. The molecule has 1 N–H and O–H groups in total. The Morgan fingerprint density at radius 3 is 2.52 bits per heavy atom. The van der Waals surface area contributed by atoms with Gasteiger partial charge in [-0.1, -0.05) is 51.5 Å². The first-order valence-electron chi connectivity index (χ1n) is 9.73. The van der Waals surface area contributed by atoms with Gasteiger partial charge in [0.2, 0.25) is 0 Å². The zero-order valence-corrected chi connectivity index (χ0v) is 16.7. The van der Waals surface area contributed by atoms with Crippen molar-refractivity contribution in [2.24, 2.45) is 5.41 Å². The number of ketones is 1. The lowest BCUT2D eigenvalue weighted by atomic mass is 9.58. The predicted molar refractivity (Wildman–Crippen MR) is 104 cm³/mol. The van der Waals surface area contributed by atoms with Crippen LogP contribution in [0, 0.1) is 11.2 Å². The Bertz CT molecular complexity index is 967. The van der Waals surface area contributed by atoms with Gasteiger partial charge in [-0.15, -0.1) is 0 Å². The second kappa shape index (κ2) is 5.88. The number of H-pyrrole nitrogens is 1. The first-order valence-corrected chi connectivity index (χ1v) is 9.73. The molecule has 4 heteroatoms. The second-order valence-electron chi connectivity index (χ2n) is 9.32. The lowest BCUT2D eigenvalue weighted by Gasteiger charge is -2.44. The molecule has 1 aromatic heterocycles. The lowest BCUT2D eigenvalue weighted by Crippen LogP contribution is -2.41. The van der Waals surface area contributed by atoms with Gasteiger partial charge in [0, 0.05) is 35.2 Å². The third kappa shape index (κ3) is 2.60. The predicted octanol–water partition coefficient (Wildman–Crippen LogP) is 5.22. The van der Waals surface area contributed by atoms with Crippen LogP contribution in [-0.4, -0.2) is 16.0 Å². The van der Waals surface area contributed by atoms with Gasteiger partial charge in [-0.25, -0.2) is 4.39 Å². The number of hydrogen-bond acceptors (Lipinski definition) is 2. The summed E-state index contributed by atoms with van der Waals surface area (Å²) in [5, 5.41) is 7.79. The van der Waals surface area contributed by atoms with Gasteiger partial charge in [0.1, 0.15) is 5.82 Å². The van der Waals surface area contributed by atoms with Crippen molar-refractivity contribution in [3.63, 3.8) is 0 Å². The van der Waals surface area contributed by atoms with Crippen LogP contribution in [0.4, 0.5) is 4.39 Å². The van der Waals surface area contributed by atoms with Crippen LogP contribution in [0.3, 0.4) is 0 Å². The molecule has 142 valence electrons. The van der Waals surface area contributed by atoms with Crippen molar-refractivity contribution in [3.8, 4) is 0 Å². The summed E-state index contributed by atoms with van der Waals surface area (Å²) in [6.07, 6.45) is 2.05. The molecular weight excluding hydrogens is 339 g/mol. The van der Waals surface area contributed by atoms with Gasteiger partial charge in [-0.2, -0.15) is 5.10 Å². The maximum absolute atomic E-state index is 15.0. The van der Waals surface area contributed by atoms with E-state index in [-0.39, 0.29) is 22.9 Å². The summed E-state index contributed by atoms with van der Waals surface area (Å²) in [6.45, 7) is 10.5. The molecule has 1 aromatic carbocycles. The zero-order chi connectivity index (χ0) is 19.6. The van der Waals surface area contributed by atoms with E-state index < -0.39 is 5.41 Å². The molecule has 2 aromatic rings.